The second-order valence-corrected chi connectivity index (χ2v) is 5.64. The van der Waals surface area contributed by atoms with Crippen LogP contribution in [0.4, 0.5) is 0 Å². The molecule has 6 nitrogen and oxygen atoms in total. The molecule has 1 aromatic rings. The Kier molecular flexibility index (Phi) is 4.99. The summed E-state index contributed by atoms with van der Waals surface area (Å²) in [6, 6.07) is 0. The molecule has 2 N–H and O–H groups in total. The molecule has 20 heavy (non-hydrogen) atoms. The second kappa shape index (κ2) is 6.54. The zero-order valence-electron chi connectivity index (χ0n) is 11.5. The van der Waals surface area contributed by atoms with Gasteiger partial charge in [0, 0.05) is 13.1 Å². The molecule has 7 heteroatoms. The number of halogens is 1. The molecule has 112 valence electrons. The molecular weight excluding hydrogens is 278 g/mol. The number of nitrogens with one attached hydrogen (secondary N) is 2. The van der Waals surface area contributed by atoms with E-state index in [4.69, 9.17) is 0 Å². The Morgan fingerprint density at radius 2 is 2.40 bits per heavy atom. The van der Waals surface area contributed by atoms with Gasteiger partial charge in [-0.2, -0.15) is 5.10 Å². The molecule has 2 heterocycles. The number of nitrogens with zero attached hydrogens (tertiary/aromatic N) is 3. The van der Waals surface area contributed by atoms with Gasteiger partial charge < -0.3 is 10.6 Å². The maximum atomic E-state index is 12.5. The largest absolute Gasteiger partial charge is 0.354 e. The zero-order valence-corrected chi connectivity index (χ0v) is 12.4. The van der Waals surface area contributed by atoms with Gasteiger partial charge in [0.15, 0.2) is 0 Å². The first-order valence-corrected chi connectivity index (χ1v) is 7.13. The third-order valence-electron chi connectivity index (χ3n) is 4.58. The number of rotatable bonds is 4. The van der Waals surface area contributed by atoms with Crippen molar-refractivity contribution in [3.05, 3.63) is 12.7 Å². The molecule has 1 aliphatic carbocycles. The van der Waals surface area contributed by atoms with Gasteiger partial charge in [-0.3, -0.25) is 9.48 Å². The van der Waals surface area contributed by atoms with Gasteiger partial charge in [0.1, 0.15) is 12.7 Å². The fraction of sp³-hybridized carbons (Fsp3) is 0.769. The van der Waals surface area contributed by atoms with E-state index in [1.54, 1.807) is 11.0 Å². The van der Waals surface area contributed by atoms with Gasteiger partial charge in [0.25, 0.3) is 0 Å². The highest BCUT2D eigenvalue weighted by atomic mass is 35.5. The van der Waals surface area contributed by atoms with Gasteiger partial charge in [-0.05, 0) is 25.3 Å². The van der Waals surface area contributed by atoms with Crippen molar-refractivity contribution < 1.29 is 4.79 Å². The summed E-state index contributed by atoms with van der Waals surface area (Å²) < 4.78 is 1.74. The molecule has 0 unspecified atom stereocenters. The SMILES string of the molecule is Cl.O=C(NCCn1cncn1)[C@@]12CCCC[C@H]1CNC2. The summed E-state index contributed by atoms with van der Waals surface area (Å²) in [5, 5.41) is 10.5. The lowest BCUT2D eigenvalue weighted by molar-refractivity contribution is -0.134. The van der Waals surface area contributed by atoms with E-state index in [1.807, 2.05) is 0 Å². The van der Waals surface area contributed by atoms with Gasteiger partial charge in [-0.1, -0.05) is 12.8 Å². The minimum absolute atomic E-state index is 0. The van der Waals surface area contributed by atoms with Crippen LogP contribution in [-0.4, -0.2) is 40.3 Å². The van der Waals surface area contributed by atoms with E-state index in [9.17, 15) is 4.79 Å². The third kappa shape index (κ3) is 2.81. The van der Waals surface area contributed by atoms with E-state index in [2.05, 4.69) is 20.7 Å². The normalized spacial score (nSPS) is 28.5. The molecule has 3 rings (SSSR count). The van der Waals surface area contributed by atoms with Gasteiger partial charge in [-0.25, -0.2) is 4.98 Å². The quantitative estimate of drug-likeness (QED) is 0.854. The van der Waals surface area contributed by atoms with E-state index in [1.165, 1.54) is 25.6 Å². The number of amides is 1. The first-order valence-electron chi connectivity index (χ1n) is 7.13. The van der Waals surface area contributed by atoms with Gasteiger partial charge in [0.2, 0.25) is 5.91 Å². The number of hydrogen-bond acceptors (Lipinski definition) is 4. The highest BCUT2D eigenvalue weighted by Crippen LogP contribution is 2.43. The van der Waals surface area contributed by atoms with E-state index >= 15 is 0 Å². The number of hydrogen-bond donors (Lipinski definition) is 2. The Hall–Kier alpha value is -1.14. The number of aromatic nitrogens is 3. The van der Waals surface area contributed by atoms with Crippen LogP contribution in [-0.2, 0) is 11.3 Å². The first kappa shape index (κ1) is 15.3. The number of fused-ring (bicyclic) bond motifs is 1. The summed E-state index contributed by atoms with van der Waals surface area (Å²) in [5.74, 6) is 0.745. The molecule has 1 amide bonds. The lowest BCUT2D eigenvalue weighted by Crippen LogP contribution is -2.48. The molecule has 1 aromatic heterocycles. The summed E-state index contributed by atoms with van der Waals surface area (Å²) in [6.07, 6.45) is 7.84. The van der Waals surface area contributed by atoms with Crippen LogP contribution in [0.15, 0.2) is 12.7 Å². The lowest BCUT2D eigenvalue weighted by atomic mass is 9.67. The fourth-order valence-electron chi connectivity index (χ4n) is 3.50. The topological polar surface area (TPSA) is 71.8 Å². The average molecular weight is 300 g/mol. The van der Waals surface area contributed by atoms with Gasteiger partial charge in [-0.15, -0.1) is 12.4 Å². The Morgan fingerprint density at radius 1 is 1.50 bits per heavy atom. The average Bonchev–Trinajstić information content (AvgIpc) is 3.08. The standard InChI is InChI=1S/C13H21N5O.ClH/c19-12(16-5-6-18-10-15-9-17-18)13-4-2-1-3-11(13)7-14-8-13;/h9-11,14H,1-8H2,(H,16,19);1H/t11-,13+;/m0./s1. The molecule has 1 saturated heterocycles. The summed E-state index contributed by atoms with van der Waals surface area (Å²) in [7, 11) is 0. The van der Waals surface area contributed by atoms with Crippen molar-refractivity contribution in [3.63, 3.8) is 0 Å². The van der Waals surface area contributed by atoms with Crippen molar-refractivity contribution in [3.8, 4) is 0 Å². The number of carbonyl (C=O) groups is 1. The molecule has 0 bridgehead atoms. The van der Waals surface area contributed by atoms with Crippen LogP contribution in [0.2, 0.25) is 0 Å². The molecule has 2 fully saturated rings. The van der Waals surface area contributed by atoms with Crippen molar-refractivity contribution in [2.75, 3.05) is 19.6 Å². The summed E-state index contributed by atoms with van der Waals surface area (Å²) in [5.41, 5.74) is -0.152. The van der Waals surface area contributed by atoms with E-state index in [-0.39, 0.29) is 23.7 Å². The van der Waals surface area contributed by atoms with Crippen LogP contribution < -0.4 is 10.6 Å². The van der Waals surface area contributed by atoms with E-state index in [0.717, 1.165) is 19.5 Å². The highest BCUT2D eigenvalue weighted by Gasteiger charge is 2.49. The third-order valence-corrected chi connectivity index (χ3v) is 4.58. The summed E-state index contributed by atoms with van der Waals surface area (Å²) in [4.78, 5) is 16.4. The molecule has 0 aromatic carbocycles. The van der Waals surface area contributed by atoms with E-state index in [0.29, 0.717) is 19.0 Å². The highest BCUT2D eigenvalue weighted by molar-refractivity contribution is 5.85. The van der Waals surface area contributed by atoms with Crippen molar-refractivity contribution in [2.45, 2.75) is 32.2 Å². The van der Waals surface area contributed by atoms with Gasteiger partial charge >= 0.3 is 0 Å². The molecule has 2 atom stereocenters. The molecular formula is C13H22ClN5O. The summed E-state index contributed by atoms with van der Waals surface area (Å²) in [6.45, 7) is 3.14. The van der Waals surface area contributed by atoms with Crippen LogP contribution in [0.3, 0.4) is 0 Å². The Morgan fingerprint density at radius 3 is 3.20 bits per heavy atom. The maximum Gasteiger partial charge on any atom is 0.227 e. The lowest BCUT2D eigenvalue weighted by Gasteiger charge is -2.37. The number of carbonyl (C=O) groups excluding carboxylic acids is 1. The van der Waals surface area contributed by atoms with Crippen LogP contribution in [0, 0.1) is 11.3 Å². The van der Waals surface area contributed by atoms with Crippen molar-refractivity contribution in [1.29, 1.82) is 0 Å². The minimum atomic E-state index is -0.152. The van der Waals surface area contributed by atoms with E-state index < -0.39 is 0 Å². The predicted octanol–water partition coefficient (Wildman–Crippen LogP) is 0.596. The summed E-state index contributed by atoms with van der Waals surface area (Å²) >= 11 is 0. The molecule has 1 saturated carbocycles. The predicted molar refractivity (Wildman–Crippen MR) is 77.5 cm³/mol. The maximum absolute atomic E-state index is 12.5. The minimum Gasteiger partial charge on any atom is -0.354 e. The smallest absolute Gasteiger partial charge is 0.227 e. The second-order valence-electron chi connectivity index (χ2n) is 5.64. The molecule has 0 radical (unpaired) electrons. The zero-order chi connectivity index (χ0) is 13.1. The Balaban J connectivity index is 0.00000147. The van der Waals surface area contributed by atoms with Crippen LogP contribution in [0.25, 0.3) is 0 Å². The van der Waals surface area contributed by atoms with Gasteiger partial charge in [0.05, 0.1) is 12.0 Å². The fourth-order valence-corrected chi connectivity index (χ4v) is 3.50. The molecule has 2 aliphatic rings. The van der Waals surface area contributed by atoms with Crippen molar-refractivity contribution in [1.82, 2.24) is 25.4 Å². The monoisotopic (exact) mass is 299 g/mol. The Labute approximate surface area is 125 Å². The van der Waals surface area contributed by atoms with Crippen molar-refractivity contribution in [2.24, 2.45) is 11.3 Å². The van der Waals surface area contributed by atoms with Crippen LogP contribution in [0.1, 0.15) is 25.7 Å². The molecule has 1 aliphatic heterocycles. The van der Waals surface area contributed by atoms with Crippen molar-refractivity contribution >= 4 is 18.3 Å². The molecule has 0 spiro atoms. The Bertz CT molecular complexity index is 438. The van der Waals surface area contributed by atoms with Crippen LogP contribution >= 0.6 is 12.4 Å². The first-order chi connectivity index (χ1) is 9.31. The van der Waals surface area contributed by atoms with Crippen LogP contribution in [0.5, 0.6) is 0 Å².